The minimum absolute atomic E-state index is 0.178. The average molecular weight is 338 g/mol. The van der Waals surface area contributed by atoms with Crippen molar-refractivity contribution >= 4 is 5.96 Å². The molecular formula is C18H31FN4O. The van der Waals surface area contributed by atoms with Gasteiger partial charge in [0.05, 0.1) is 6.54 Å². The Morgan fingerprint density at radius 3 is 2.62 bits per heavy atom. The molecule has 0 aromatic heterocycles. The summed E-state index contributed by atoms with van der Waals surface area (Å²) < 4.78 is 19.2. The van der Waals surface area contributed by atoms with Crippen molar-refractivity contribution in [2.24, 2.45) is 4.99 Å². The van der Waals surface area contributed by atoms with E-state index in [0.717, 1.165) is 25.5 Å². The lowest BCUT2D eigenvalue weighted by atomic mass is 10.2. The van der Waals surface area contributed by atoms with Crippen LogP contribution in [0.15, 0.2) is 29.3 Å². The normalized spacial score (nSPS) is 14.4. The van der Waals surface area contributed by atoms with Gasteiger partial charge in [-0.05, 0) is 39.4 Å². The molecule has 0 fully saturated rings. The second-order valence-corrected chi connectivity index (χ2v) is 5.98. The maximum atomic E-state index is 13.6. The van der Waals surface area contributed by atoms with Crippen LogP contribution in [0.5, 0.6) is 5.75 Å². The Morgan fingerprint density at radius 1 is 1.29 bits per heavy atom. The van der Waals surface area contributed by atoms with E-state index in [9.17, 15) is 4.39 Å². The van der Waals surface area contributed by atoms with Gasteiger partial charge in [0.15, 0.2) is 17.5 Å². The van der Waals surface area contributed by atoms with Crippen molar-refractivity contribution < 1.29 is 9.13 Å². The molecule has 0 amide bonds. The number of rotatable bonds is 9. The zero-order valence-electron chi connectivity index (χ0n) is 15.5. The fourth-order valence-electron chi connectivity index (χ4n) is 2.14. The van der Waals surface area contributed by atoms with E-state index in [1.54, 1.807) is 25.2 Å². The molecule has 0 radical (unpaired) electrons. The lowest BCUT2D eigenvalue weighted by Crippen LogP contribution is -2.44. The Bertz CT molecular complexity index is 510. The molecule has 0 heterocycles. The van der Waals surface area contributed by atoms with Crippen LogP contribution in [0.2, 0.25) is 0 Å². The maximum absolute atomic E-state index is 13.6. The third-order valence-corrected chi connectivity index (χ3v) is 4.05. The molecule has 0 aliphatic carbocycles. The summed E-state index contributed by atoms with van der Waals surface area (Å²) in [4.78, 5) is 6.50. The van der Waals surface area contributed by atoms with Crippen LogP contribution in [0.25, 0.3) is 0 Å². The van der Waals surface area contributed by atoms with Crippen LogP contribution >= 0.6 is 0 Å². The van der Waals surface area contributed by atoms with E-state index >= 15 is 0 Å². The zero-order valence-corrected chi connectivity index (χ0v) is 15.5. The van der Waals surface area contributed by atoms with Gasteiger partial charge in [0.25, 0.3) is 0 Å². The Morgan fingerprint density at radius 2 is 2.00 bits per heavy atom. The SMILES string of the molecule is CCC(C)N(C)CCNC(=NC)NCC(C)Oc1ccccc1F. The number of nitrogens with one attached hydrogen (secondary N) is 2. The zero-order chi connectivity index (χ0) is 17.9. The second kappa shape index (κ2) is 10.9. The summed E-state index contributed by atoms with van der Waals surface area (Å²) in [6, 6.07) is 6.99. The number of halogens is 1. The van der Waals surface area contributed by atoms with E-state index in [1.165, 1.54) is 6.07 Å². The number of ether oxygens (including phenoxy) is 1. The molecule has 1 aromatic carbocycles. The van der Waals surface area contributed by atoms with Crippen molar-refractivity contribution in [3.63, 3.8) is 0 Å². The second-order valence-electron chi connectivity index (χ2n) is 5.98. The molecule has 0 saturated heterocycles. The van der Waals surface area contributed by atoms with Crippen molar-refractivity contribution in [3.05, 3.63) is 30.1 Å². The molecule has 0 bridgehead atoms. The number of hydrogen-bond donors (Lipinski definition) is 2. The number of para-hydroxylation sites is 1. The van der Waals surface area contributed by atoms with Gasteiger partial charge in [0, 0.05) is 26.2 Å². The van der Waals surface area contributed by atoms with Gasteiger partial charge < -0.3 is 20.3 Å². The molecule has 2 atom stereocenters. The highest BCUT2D eigenvalue weighted by Crippen LogP contribution is 2.16. The van der Waals surface area contributed by atoms with Gasteiger partial charge in [0.1, 0.15) is 6.10 Å². The molecule has 1 aromatic rings. The molecule has 136 valence electrons. The van der Waals surface area contributed by atoms with Crippen LogP contribution in [0.4, 0.5) is 4.39 Å². The molecule has 0 saturated carbocycles. The third-order valence-electron chi connectivity index (χ3n) is 4.05. The summed E-state index contributed by atoms with van der Waals surface area (Å²) in [7, 11) is 3.85. The van der Waals surface area contributed by atoms with Crippen LogP contribution in [-0.2, 0) is 0 Å². The van der Waals surface area contributed by atoms with Gasteiger partial charge in [-0.15, -0.1) is 0 Å². The highest BCUT2D eigenvalue weighted by Gasteiger charge is 2.09. The Labute approximate surface area is 145 Å². The Kier molecular flexibility index (Phi) is 9.15. The van der Waals surface area contributed by atoms with Gasteiger partial charge >= 0.3 is 0 Å². The van der Waals surface area contributed by atoms with Crippen molar-refractivity contribution in [2.75, 3.05) is 33.7 Å². The molecule has 2 unspecified atom stereocenters. The average Bonchev–Trinajstić information content (AvgIpc) is 2.58. The molecule has 5 nitrogen and oxygen atoms in total. The summed E-state index contributed by atoms with van der Waals surface area (Å²) in [5.41, 5.74) is 0. The summed E-state index contributed by atoms with van der Waals surface area (Å²) >= 11 is 0. The third kappa shape index (κ3) is 7.17. The highest BCUT2D eigenvalue weighted by molar-refractivity contribution is 5.79. The monoisotopic (exact) mass is 338 g/mol. The highest BCUT2D eigenvalue weighted by atomic mass is 19.1. The first-order valence-corrected chi connectivity index (χ1v) is 8.53. The van der Waals surface area contributed by atoms with Crippen molar-refractivity contribution in [3.8, 4) is 5.75 Å². The van der Waals surface area contributed by atoms with E-state index in [2.05, 4.69) is 41.4 Å². The number of benzene rings is 1. The first kappa shape index (κ1) is 20.2. The van der Waals surface area contributed by atoms with Gasteiger partial charge in [-0.2, -0.15) is 0 Å². The molecule has 0 aliphatic heterocycles. The van der Waals surface area contributed by atoms with Crippen LogP contribution in [0.1, 0.15) is 27.2 Å². The molecule has 0 aliphatic rings. The lowest BCUT2D eigenvalue weighted by molar-refractivity contribution is 0.214. The predicted molar refractivity (Wildman–Crippen MR) is 98.2 cm³/mol. The fourth-order valence-corrected chi connectivity index (χ4v) is 2.14. The topological polar surface area (TPSA) is 48.9 Å². The van der Waals surface area contributed by atoms with Gasteiger partial charge in [-0.1, -0.05) is 19.1 Å². The van der Waals surface area contributed by atoms with Crippen molar-refractivity contribution in [2.45, 2.75) is 39.3 Å². The van der Waals surface area contributed by atoms with Gasteiger partial charge in [0.2, 0.25) is 0 Å². The minimum Gasteiger partial charge on any atom is -0.486 e. The van der Waals surface area contributed by atoms with Crippen LogP contribution in [-0.4, -0.2) is 56.7 Å². The van der Waals surface area contributed by atoms with Gasteiger partial charge in [-0.3, -0.25) is 4.99 Å². The smallest absolute Gasteiger partial charge is 0.191 e. The largest absolute Gasteiger partial charge is 0.486 e. The molecule has 2 N–H and O–H groups in total. The first-order valence-electron chi connectivity index (χ1n) is 8.53. The minimum atomic E-state index is -0.347. The summed E-state index contributed by atoms with van der Waals surface area (Å²) in [5.74, 6) is 0.640. The van der Waals surface area contributed by atoms with Crippen LogP contribution in [0.3, 0.4) is 0 Å². The number of nitrogens with zero attached hydrogens (tertiary/aromatic N) is 2. The lowest BCUT2D eigenvalue weighted by Gasteiger charge is -2.24. The molecular weight excluding hydrogens is 307 g/mol. The van der Waals surface area contributed by atoms with E-state index in [1.807, 2.05) is 6.92 Å². The molecule has 24 heavy (non-hydrogen) atoms. The van der Waals surface area contributed by atoms with Crippen LogP contribution < -0.4 is 15.4 Å². The Balaban J connectivity index is 2.32. The quantitative estimate of drug-likeness (QED) is 0.536. The number of aliphatic imine (C=N–C) groups is 1. The summed E-state index contributed by atoms with van der Waals surface area (Å²) in [6.07, 6.45) is 0.956. The first-order chi connectivity index (χ1) is 11.5. The summed E-state index contributed by atoms with van der Waals surface area (Å²) in [6.45, 7) is 8.58. The number of guanidine groups is 1. The molecule has 6 heteroatoms. The van der Waals surface area contributed by atoms with Crippen molar-refractivity contribution in [1.82, 2.24) is 15.5 Å². The van der Waals surface area contributed by atoms with Crippen LogP contribution in [0, 0.1) is 5.82 Å². The Hall–Kier alpha value is -1.82. The summed E-state index contributed by atoms with van der Waals surface area (Å²) in [5, 5.41) is 6.48. The fraction of sp³-hybridized carbons (Fsp3) is 0.611. The van der Waals surface area contributed by atoms with E-state index in [4.69, 9.17) is 4.74 Å². The van der Waals surface area contributed by atoms with E-state index < -0.39 is 0 Å². The van der Waals surface area contributed by atoms with Crippen molar-refractivity contribution in [1.29, 1.82) is 0 Å². The molecule has 0 spiro atoms. The number of hydrogen-bond acceptors (Lipinski definition) is 3. The van der Waals surface area contributed by atoms with Gasteiger partial charge in [-0.25, -0.2) is 4.39 Å². The van der Waals surface area contributed by atoms with E-state index in [0.29, 0.717) is 12.6 Å². The standard InChI is InChI=1S/C18H31FN4O/c1-6-14(2)23(5)12-11-21-18(20-4)22-13-15(3)24-17-10-8-7-9-16(17)19/h7-10,14-15H,6,11-13H2,1-5H3,(H2,20,21,22). The predicted octanol–water partition coefficient (Wildman–Crippen LogP) is 2.49. The van der Waals surface area contributed by atoms with E-state index in [-0.39, 0.29) is 17.7 Å². The maximum Gasteiger partial charge on any atom is 0.191 e. The molecule has 1 rings (SSSR count). The number of likely N-dealkylation sites (N-methyl/N-ethyl adjacent to an activating group) is 1.